The molecule has 0 spiro atoms. The fourth-order valence-corrected chi connectivity index (χ4v) is 4.87. The van der Waals surface area contributed by atoms with Crippen LogP contribution in [-0.2, 0) is 18.9 Å². The second-order valence-corrected chi connectivity index (χ2v) is 9.48. The molecule has 15 atom stereocenters. The van der Waals surface area contributed by atoms with Gasteiger partial charge in [-0.15, -0.1) is 0 Å². The van der Waals surface area contributed by atoms with Crippen molar-refractivity contribution in [3.05, 3.63) is 0 Å². The fraction of sp³-hybridized carbons (Fsp3) is 0.900. The van der Waals surface area contributed by atoms with Crippen molar-refractivity contribution in [2.45, 2.75) is 98.7 Å². The number of aliphatic hydroxyl groups excluding tert-OH is 7. The van der Waals surface area contributed by atoms with Gasteiger partial charge in [-0.3, -0.25) is 0 Å². The van der Waals surface area contributed by atoms with Crippen LogP contribution in [0.3, 0.4) is 0 Å². The van der Waals surface area contributed by atoms with Crippen LogP contribution in [0.1, 0.15) is 6.92 Å². The van der Waals surface area contributed by atoms with Crippen molar-refractivity contribution in [2.75, 3.05) is 13.7 Å². The van der Waals surface area contributed by atoms with Crippen LogP contribution in [-0.4, -0.2) is 153 Å². The minimum Gasteiger partial charge on any atom is -0.394 e. The third-order valence-electron chi connectivity index (χ3n) is 6.90. The molecule has 18 heteroatoms. The predicted molar refractivity (Wildman–Crippen MR) is 128 cm³/mol. The number of rotatable bonds is 8. The van der Waals surface area contributed by atoms with Crippen LogP contribution in [0.5, 0.6) is 0 Å². The Kier molecular flexibility index (Phi) is 10.1. The van der Waals surface area contributed by atoms with Crippen LogP contribution in [0.2, 0.25) is 0 Å². The van der Waals surface area contributed by atoms with Crippen molar-refractivity contribution < 1.29 is 54.7 Å². The maximum absolute atomic E-state index is 10.9. The van der Waals surface area contributed by atoms with Gasteiger partial charge in [0.2, 0.25) is 0 Å². The van der Waals surface area contributed by atoms with E-state index in [9.17, 15) is 35.7 Å². The van der Waals surface area contributed by atoms with Gasteiger partial charge in [0.05, 0.1) is 18.8 Å². The molecular formula is C20H39N7O11. The van der Waals surface area contributed by atoms with Gasteiger partial charge < -0.3 is 82.9 Å². The van der Waals surface area contributed by atoms with E-state index in [2.05, 4.69) is 15.3 Å². The molecule has 1 aliphatic carbocycles. The minimum atomic E-state index is -1.75. The summed E-state index contributed by atoms with van der Waals surface area (Å²) >= 11 is 0. The Morgan fingerprint density at radius 3 is 1.87 bits per heavy atom. The van der Waals surface area contributed by atoms with E-state index in [1.165, 1.54) is 14.0 Å². The average Bonchev–Trinajstić information content (AvgIpc) is 3.11. The second kappa shape index (κ2) is 12.5. The molecule has 2 saturated heterocycles. The van der Waals surface area contributed by atoms with Gasteiger partial charge in [0.15, 0.2) is 24.5 Å². The zero-order chi connectivity index (χ0) is 28.5. The molecule has 2 aliphatic heterocycles. The van der Waals surface area contributed by atoms with Crippen molar-refractivity contribution in [3.63, 3.8) is 0 Å². The van der Waals surface area contributed by atoms with Crippen molar-refractivity contribution in [2.24, 2.45) is 32.9 Å². The Hall–Kier alpha value is -1.94. The van der Waals surface area contributed by atoms with Gasteiger partial charge in [0.1, 0.15) is 67.0 Å². The van der Waals surface area contributed by atoms with E-state index in [1.807, 2.05) is 0 Å². The largest absolute Gasteiger partial charge is 0.394 e. The van der Waals surface area contributed by atoms with Crippen LogP contribution in [0.4, 0.5) is 0 Å². The first-order chi connectivity index (χ1) is 17.8. The summed E-state index contributed by atoms with van der Waals surface area (Å²) in [7, 11) is 1.48. The monoisotopic (exact) mass is 553 g/mol. The van der Waals surface area contributed by atoms with Gasteiger partial charge in [0.25, 0.3) is 0 Å². The van der Waals surface area contributed by atoms with Gasteiger partial charge in [-0.2, -0.15) is 0 Å². The molecule has 3 fully saturated rings. The zero-order valence-electron chi connectivity index (χ0n) is 20.8. The standard InChI is InChI=1S/C20H39N7O11/c1-4-9(29)16(38-17-8(25-2)13(33)10(30)5(3-28)36-17)18(35-4)37-15-7(27-20(23)24)11(31)6(26-19(21)22)12(32)14(15)34/h4-18,25,28-34H,3H2,1-2H3,(H4,21,22,26)(H4,23,24,27)/t4?,5?,6-,7?,8?,9?,10-,11?,12?,13?,14?,15-,16+,17-,18?/m1/s1. The molecule has 2 heterocycles. The van der Waals surface area contributed by atoms with E-state index in [0.717, 1.165) is 0 Å². The normalized spacial score (nSPS) is 47.4. The third kappa shape index (κ3) is 6.11. The first-order valence-electron chi connectivity index (χ1n) is 12.0. The molecule has 38 heavy (non-hydrogen) atoms. The number of nitrogens with one attached hydrogen (secondary N) is 1. The van der Waals surface area contributed by atoms with Crippen LogP contribution in [0.15, 0.2) is 9.98 Å². The zero-order valence-corrected chi connectivity index (χ0v) is 20.8. The lowest BCUT2D eigenvalue weighted by atomic mass is 9.81. The summed E-state index contributed by atoms with van der Waals surface area (Å²) in [6.45, 7) is 0.885. The number of hydrogen-bond donors (Lipinski definition) is 12. The Bertz CT molecular complexity index is 848. The number of nitrogens with two attached hydrogens (primary N) is 4. The first kappa shape index (κ1) is 30.6. The Labute approximate surface area is 217 Å². The predicted octanol–water partition coefficient (Wildman–Crippen LogP) is -7.73. The lowest BCUT2D eigenvalue weighted by molar-refractivity contribution is -0.311. The van der Waals surface area contributed by atoms with Crippen molar-refractivity contribution in [1.29, 1.82) is 0 Å². The van der Waals surface area contributed by atoms with E-state index in [0.29, 0.717) is 0 Å². The molecule has 0 radical (unpaired) electrons. The SMILES string of the molecule is CNC1C(O)[C@H](O)C(CO)O[C@@H]1O[C@@H]1C(O[C@H]2C(O)C(O)[C@H](N=C(N)N)C(O)C2N=C(N)N)OC(C)C1O. The number of nitrogens with zero attached hydrogens (tertiary/aromatic N) is 2. The molecule has 0 amide bonds. The number of aliphatic imine (C=N–C) groups is 2. The summed E-state index contributed by atoms with van der Waals surface area (Å²) in [6, 6.07) is -3.79. The number of ether oxygens (including phenoxy) is 4. The van der Waals surface area contributed by atoms with Gasteiger partial charge in [-0.1, -0.05) is 0 Å². The van der Waals surface area contributed by atoms with E-state index < -0.39 is 110 Å². The summed E-state index contributed by atoms with van der Waals surface area (Å²) in [6.07, 6.45) is -16.9. The molecule has 0 aromatic heterocycles. The molecule has 0 aromatic rings. The molecule has 3 rings (SSSR count). The maximum Gasteiger partial charge on any atom is 0.187 e. The van der Waals surface area contributed by atoms with E-state index in [4.69, 9.17) is 41.9 Å². The van der Waals surface area contributed by atoms with E-state index in [1.54, 1.807) is 0 Å². The second-order valence-electron chi connectivity index (χ2n) is 9.48. The van der Waals surface area contributed by atoms with Crippen LogP contribution < -0.4 is 28.3 Å². The highest BCUT2D eigenvalue weighted by atomic mass is 16.8. The van der Waals surface area contributed by atoms with Gasteiger partial charge >= 0.3 is 0 Å². The summed E-state index contributed by atoms with van der Waals surface area (Å²) in [5.74, 6) is -0.939. The Morgan fingerprint density at radius 2 is 1.32 bits per heavy atom. The Morgan fingerprint density at radius 1 is 0.737 bits per heavy atom. The van der Waals surface area contributed by atoms with Crippen LogP contribution >= 0.6 is 0 Å². The first-order valence-corrected chi connectivity index (χ1v) is 12.0. The summed E-state index contributed by atoms with van der Waals surface area (Å²) < 4.78 is 23.1. The number of aliphatic hydroxyl groups is 7. The molecule has 220 valence electrons. The van der Waals surface area contributed by atoms with Gasteiger partial charge in [-0.25, -0.2) is 9.98 Å². The van der Waals surface area contributed by atoms with Crippen molar-refractivity contribution in [1.82, 2.24) is 5.32 Å². The fourth-order valence-electron chi connectivity index (χ4n) is 4.87. The molecule has 18 nitrogen and oxygen atoms in total. The molecule has 0 aromatic carbocycles. The van der Waals surface area contributed by atoms with E-state index >= 15 is 0 Å². The van der Waals surface area contributed by atoms with Gasteiger partial charge in [-0.05, 0) is 14.0 Å². The van der Waals surface area contributed by atoms with E-state index in [-0.39, 0.29) is 0 Å². The minimum absolute atomic E-state index is 0.465. The quantitative estimate of drug-likeness (QED) is 0.0980. The maximum atomic E-state index is 10.9. The summed E-state index contributed by atoms with van der Waals surface area (Å²) in [5, 5.41) is 76.0. The van der Waals surface area contributed by atoms with Crippen molar-refractivity contribution >= 4 is 11.9 Å². The lowest BCUT2D eigenvalue weighted by Gasteiger charge is -2.45. The lowest BCUT2D eigenvalue weighted by Crippen LogP contribution is -2.66. The average molecular weight is 554 g/mol. The third-order valence-corrected chi connectivity index (χ3v) is 6.90. The molecule has 10 unspecified atom stereocenters. The number of likely N-dealkylation sites (N-methyl/N-ethyl adjacent to an activating group) is 1. The highest BCUT2D eigenvalue weighted by Gasteiger charge is 2.55. The summed E-state index contributed by atoms with van der Waals surface area (Å²) in [4.78, 5) is 7.68. The summed E-state index contributed by atoms with van der Waals surface area (Å²) in [5.41, 5.74) is 21.8. The smallest absolute Gasteiger partial charge is 0.187 e. The van der Waals surface area contributed by atoms with Gasteiger partial charge in [0, 0.05) is 0 Å². The van der Waals surface area contributed by atoms with Crippen molar-refractivity contribution in [3.8, 4) is 0 Å². The number of guanidine groups is 2. The highest BCUT2D eigenvalue weighted by Crippen LogP contribution is 2.34. The number of hydrogen-bond acceptors (Lipinski definition) is 14. The highest BCUT2D eigenvalue weighted by molar-refractivity contribution is 5.76. The molecule has 3 aliphatic rings. The molecule has 0 bridgehead atoms. The van der Waals surface area contributed by atoms with Crippen LogP contribution in [0, 0.1) is 0 Å². The van der Waals surface area contributed by atoms with Crippen LogP contribution in [0.25, 0.3) is 0 Å². The molecular weight excluding hydrogens is 514 g/mol. The Balaban J connectivity index is 1.88. The topological polar surface area (TPSA) is 319 Å². The molecule has 1 saturated carbocycles. The molecule has 16 N–H and O–H groups in total.